The van der Waals surface area contributed by atoms with Gasteiger partial charge in [0.1, 0.15) is 5.75 Å². The second-order valence-corrected chi connectivity index (χ2v) is 8.19. The molecule has 12 heteroatoms. The zero-order valence-electron chi connectivity index (χ0n) is 18.4. The number of H-pyrrole nitrogens is 1. The van der Waals surface area contributed by atoms with Crippen LogP contribution in [0.4, 0.5) is 18.9 Å². The van der Waals surface area contributed by atoms with Crippen molar-refractivity contribution in [2.45, 2.75) is 24.3 Å². The van der Waals surface area contributed by atoms with Crippen molar-refractivity contribution in [3.05, 3.63) is 81.8 Å². The molecule has 184 valence electrons. The smallest absolute Gasteiger partial charge is 0.418 e. The van der Waals surface area contributed by atoms with Gasteiger partial charge in [0.2, 0.25) is 11.8 Å². The summed E-state index contributed by atoms with van der Waals surface area (Å²) < 4.78 is 44.4. The van der Waals surface area contributed by atoms with Crippen LogP contribution in [0.25, 0.3) is 0 Å². The van der Waals surface area contributed by atoms with E-state index in [-0.39, 0.29) is 41.2 Å². The predicted molar refractivity (Wildman–Crippen MR) is 124 cm³/mol. The third-order valence-electron chi connectivity index (χ3n) is 4.59. The Hall–Kier alpha value is -3.80. The van der Waals surface area contributed by atoms with Crippen LogP contribution in [0.15, 0.2) is 64.5 Å². The van der Waals surface area contributed by atoms with Crippen molar-refractivity contribution < 1.29 is 27.5 Å². The van der Waals surface area contributed by atoms with E-state index in [1.54, 1.807) is 18.2 Å². The highest BCUT2D eigenvalue weighted by molar-refractivity contribution is 7.99. The first-order chi connectivity index (χ1) is 16.6. The summed E-state index contributed by atoms with van der Waals surface area (Å²) in [5.41, 5.74) is -0.852. The number of thioether (sulfide) groups is 1. The van der Waals surface area contributed by atoms with Gasteiger partial charge in [-0.1, -0.05) is 36.0 Å². The van der Waals surface area contributed by atoms with Crippen LogP contribution in [-0.2, 0) is 28.7 Å². The van der Waals surface area contributed by atoms with Crippen molar-refractivity contribution >= 4 is 29.3 Å². The van der Waals surface area contributed by atoms with E-state index >= 15 is 0 Å². The van der Waals surface area contributed by atoms with Crippen molar-refractivity contribution in [3.8, 4) is 5.75 Å². The highest BCUT2D eigenvalue weighted by Gasteiger charge is 2.33. The Balaban J connectivity index is 1.57. The molecule has 0 aliphatic heterocycles. The highest BCUT2D eigenvalue weighted by Crippen LogP contribution is 2.34. The molecule has 0 spiro atoms. The molecule has 0 unspecified atom stereocenters. The van der Waals surface area contributed by atoms with Crippen molar-refractivity contribution in [1.29, 1.82) is 0 Å². The lowest BCUT2D eigenvalue weighted by Gasteiger charge is -2.13. The van der Waals surface area contributed by atoms with Gasteiger partial charge in [0, 0.05) is 12.6 Å². The standard InChI is InChI=1S/C23H21F3N4O4S/c1-34-16-6-4-5-14(9-16)12-27-19(31)10-15-11-20(32)30-22(28-15)35-13-21(33)29-18-8-3-2-7-17(18)23(24,25)26/h2-9,11H,10,12-13H2,1H3,(H,27,31)(H,29,33)(H,28,30,32). The number of benzene rings is 2. The Morgan fingerprint density at radius 3 is 2.60 bits per heavy atom. The summed E-state index contributed by atoms with van der Waals surface area (Å²) in [5.74, 6) is -0.736. The summed E-state index contributed by atoms with van der Waals surface area (Å²) in [4.78, 5) is 43.0. The third-order valence-corrected chi connectivity index (χ3v) is 5.46. The number of hydrogen-bond acceptors (Lipinski definition) is 6. The van der Waals surface area contributed by atoms with Crippen LogP contribution in [0.3, 0.4) is 0 Å². The van der Waals surface area contributed by atoms with Gasteiger partial charge in [-0.05, 0) is 29.8 Å². The number of methoxy groups -OCH3 is 1. The predicted octanol–water partition coefficient (Wildman–Crippen LogP) is 3.39. The maximum atomic E-state index is 13.1. The fourth-order valence-corrected chi connectivity index (χ4v) is 3.71. The quantitative estimate of drug-likeness (QED) is 0.303. The van der Waals surface area contributed by atoms with Gasteiger partial charge < -0.3 is 20.4 Å². The van der Waals surface area contributed by atoms with Crippen LogP contribution in [0.2, 0.25) is 0 Å². The fourth-order valence-electron chi connectivity index (χ4n) is 3.01. The van der Waals surface area contributed by atoms with E-state index in [2.05, 4.69) is 20.6 Å². The molecule has 35 heavy (non-hydrogen) atoms. The van der Waals surface area contributed by atoms with Crippen molar-refractivity contribution in [2.24, 2.45) is 0 Å². The fraction of sp³-hybridized carbons (Fsp3) is 0.217. The largest absolute Gasteiger partial charge is 0.497 e. The van der Waals surface area contributed by atoms with E-state index in [0.717, 1.165) is 35.5 Å². The van der Waals surface area contributed by atoms with E-state index in [9.17, 15) is 27.6 Å². The van der Waals surface area contributed by atoms with Crippen LogP contribution >= 0.6 is 11.8 Å². The number of alkyl halides is 3. The number of carbonyl (C=O) groups is 2. The zero-order chi connectivity index (χ0) is 25.4. The summed E-state index contributed by atoms with van der Waals surface area (Å²) >= 11 is 0.825. The number of halogens is 3. The minimum absolute atomic E-state index is 0.0624. The molecular formula is C23H21F3N4O4S. The Kier molecular flexibility index (Phi) is 8.53. The molecular weight excluding hydrogens is 485 g/mol. The van der Waals surface area contributed by atoms with E-state index in [1.807, 2.05) is 6.07 Å². The number of hydrogen-bond donors (Lipinski definition) is 3. The van der Waals surface area contributed by atoms with Gasteiger partial charge in [0.05, 0.1) is 36.2 Å². The maximum Gasteiger partial charge on any atom is 0.418 e. The molecule has 0 saturated heterocycles. The molecule has 1 heterocycles. The van der Waals surface area contributed by atoms with Crippen LogP contribution in [0, 0.1) is 0 Å². The number of anilines is 1. The lowest BCUT2D eigenvalue weighted by atomic mass is 10.1. The number of rotatable bonds is 9. The minimum atomic E-state index is -4.62. The third kappa shape index (κ3) is 7.88. The van der Waals surface area contributed by atoms with Gasteiger partial charge in [0.15, 0.2) is 5.16 Å². The molecule has 0 atom stereocenters. The number of carbonyl (C=O) groups excluding carboxylic acids is 2. The second-order valence-electron chi connectivity index (χ2n) is 7.23. The van der Waals surface area contributed by atoms with Crippen molar-refractivity contribution in [3.63, 3.8) is 0 Å². The molecule has 3 aromatic rings. The number of amides is 2. The summed E-state index contributed by atoms with van der Waals surface area (Å²) in [6.45, 7) is 0.250. The Bertz CT molecular complexity index is 1260. The molecule has 0 radical (unpaired) electrons. The highest BCUT2D eigenvalue weighted by atomic mass is 32.2. The van der Waals surface area contributed by atoms with E-state index in [4.69, 9.17) is 4.74 Å². The average molecular weight is 507 g/mol. The second kappa shape index (κ2) is 11.6. The van der Waals surface area contributed by atoms with Crippen LogP contribution in [0.1, 0.15) is 16.8 Å². The van der Waals surface area contributed by atoms with Gasteiger partial charge in [0.25, 0.3) is 5.56 Å². The molecule has 8 nitrogen and oxygen atoms in total. The van der Waals surface area contributed by atoms with Crippen LogP contribution < -0.4 is 20.9 Å². The van der Waals surface area contributed by atoms with E-state index in [0.29, 0.717) is 5.75 Å². The number of nitrogens with one attached hydrogen (secondary N) is 3. The lowest BCUT2D eigenvalue weighted by Crippen LogP contribution is -2.26. The summed E-state index contributed by atoms with van der Waals surface area (Å²) in [6, 6.07) is 12.9. The first-order valence-electron chi connectivity index (χ1n) is 10.2. The monoisotopic (exact) mass is 506 g/mol. The molecule has 0 saturated carbocycles. The Labute approximate surface area is 202 Å². The average Bonchev–Trinajstić information content (AvgIpc) is 2.81. The van der Waals surface area contributed by atoms with E-state index in [1.165, 1.54) is 19.2 Å². The molecule has 0 aliphatic rings. The molecule has 0 aliphatic carbocycles. The Morgan fingerprint density at radius 1 is 1.09 bits per heavy atom. The zero-order valence-corrected chi connectivity index (χ0v) is 19.3. The minimum Gasteiger partial charge on any atom is -0.497 e. The van der Waals surface area contributed by atoms with E-state index < -0.39 is 23.2 Å². The summed E-state index contributed by atoms with van der Waals surface area (Å²) in [7, 11) is 1.54. The van der Waals surface area contributed by atoms with Gasteiger partial charge in [-0.3, -0.25) is 14.4 Å². The molecule has 3 rings (SSSR count). The van der Waals surface area contributed by atoms with Crippen molar-refractivity contribution in [2.75, 3.05) is 18.2 Å². The summed E-state index contributed by atoms with van der Waals surface area (Å²) in [6.07, 6.45) is -4.79. The summed E-state index contributed by atoms with van der Waals surface area (Å²) in [5, 5.41) is 5.00. The van der Waals surface area contributed by atoms with Gasteiger partial charge in [-0.2, -0.15) is 13.2 Å². The molecule has 0 fully saturated rings. The van der Waals surface area contributed by atoms with Gasteiger partial charge >= 0.3 is 6.18 Å². The number of aromatic nitrogens is 2. The normalized spacial score (nSPS) is 11.1. The SMILES string of the molecule is COc1cccc(CNC(=O)Cc2cc(=O)[nH]c(SCC(=O)Nc3ccccc3C(F)(F)F)n2)c1. The molecule has 0 bridgehead atoms. The Morgan fingerprint density at radius 2 is 1.86 bits per heavy atom. The van der Waals surface area contributed by atoms with Crippen LogP contribution in [-0.4, -0.2) is 34.6 Å². The topological polar surface area (TPSA) is 113 Å². The molecule has 2 amide bonds. The first-order valence-corrected chi connectivity index (χ1v) is 11.2. The lowest BCUT2D eigenvalue weighted by molar-refractivity contribution is -0.137. The first kappa shape index (κ1) is 25.8. The number of aromatic amines is 1. The maximum absolute atomic E-state index is 13.1. The molecule has 3 N–H and O–H groups in total. The van der Waals surface area contributed by atoms with Crippen molar-refractivity contribution in [1.82, 2.24) is 15.3 Å². The number of ether oxygens (including phenoxy) is 1. The molecule has 2 aromatic carbocycles. The van der Waals surface area contributed by atoms with Crippen LogP contribution in [0.5, 0.6) is 5.75 Å². The van der Waals surface area contributed by atoms with Gasteiger partial charge in [-0.25, -0.2) is 4.98 Å². The number of nitrogens with zero attached hydrogens (tertiary/aromatic N) is 1. The number of para-hydroxylation sites is 1. The van der Waals surface area contributed by atoms with Gasteiger partial charge in [-0.15, -0.1) is 0 Å². The molecule has 1 aromatic heterocycles.